The molecule has 1 saturated heterocycles. The molecule has 0 spiro atoms. The van der Waals surface area contributed by atoms with Gasteiger partial charge in [-0.3, -0.25) is 9.59 Å². The van der Waals surface area contributed by atoms with Crippen LogP contribution in [0.5, 0.6) is 0 Å². The van der Waals surface area contributed by atoms with E-state index in [1.807, 2.05) is 0 Å². The number of hydrogen-bond donors (Lipinski definition) is 1. The van der Waals surface area contributed by atoms with Crippen molar-refractivity contribution in [3.8, 4) is 0 Å². The number of amides is 1. The van der Waals surface area contributed by atoms with Crippen LogP contribution in [0.2, 0.25) is 0 Å². The van der Waals surface area contributed by atoms with Gasteiger partial charge < -0.3 is 14.7 Å². The van der Waals surface area contributed by atoms with Gasteiger partial charge in [0.15, 0.2) is 0 Å². The average molecular weight is 299 g/mol. The third kappa shape index (κ3) is 8.05. The summed E-state index contributed by atoms with van der Waals surface area (Å²) in [4.78, 5) is 24.5. The molecule has 1 aliphatic rings. The molecule has 0 bridgehead atoms. The Morgan fingerprint density at radius 2 is 1.81 bits per heavy atom. The number of carboxylic acid groups (broad SMARTS) is 1. The van der Waals surface area contributed by atoms with Gasteiger partial charge in [0.25, 0.3) is 0 Å². The van der Waals surface area contributed by atoms with Gasteiger partial charge in [0.2, 0.25) is 5.91 Å². The van der Waals surface area contributed by atoms with Crippen LogP contribution >= 0.6 is 0 Å². The third-order valence-electron chi connectivity index (χ3n) is 3.89. The lowest BCUT2D eigenvalue weighted by atomic mass is 10.1. The molecule has 1 fully saturated rings. The molecule has 0 saturated carbocycles. The Morgan fingerprint density at radius 3 is 2.48 bits per heavy atom. The maximum atomic E-state index is 12.1. The molecular formula is C16H29NO4. The molecule has 1 amide bonds. The van der Waals surface area contributed by atoms with Crippen molar-refractivity contribution in [1.29, 1.82) is 0 Å². The Morgan fingerprint density at radius 1 is 1.14 bits per heavy atom. The van der Waals surface area contributed by atoms with E-state index in [0.717, 1.165) is 12.8 Å². The summed E-state index contributed by atoms with van der Waals surface area (Å²) in [6, 6.07) is 0. The molecule has 0 aromatic carbocycles. The lowest BCUT2D eigenvalue weighted by Gasteiger charge is -2.32. The summed E-state index contributed by atoms with van der Waals surface area (Å²) >= 11 is 0. The number of unbranched alkanes of at least 4 members (excludes halogenated alkanes) is 6. The van der Waals surface area contributed by atoms with Gasteiger partial charge in [-0.2, -0.15) is 0 Å². The highest BCUT2D eigenvalue weighted by atomic mass is 16.5. The Labute approximate surface area is 127 Å². The van der Waals surface area contributed by atoms with Crippen molar-refractivity contribution in [3.05, 3.63) is 0 Å². The lowest BCUT2D eigenvalue weighted by Crippen LogP contribution is -2.46. The fraction of sp³-hybridized carbons (Fsp3) is 0.875. The molecule has 1 atom stereocenters. The zero-order chi connectivity index (χ0) is 15.5. The second-order valence-electron chi connectivity index (χ2n) is 5.80. The van der Waals surface area contributed by atoms with Crippen LogP contribution in [0.25, 0.3) is 0 Å². The van der Waals surface area contributed by atoms with E-state index in [9.17, 15) is 9.59 Å². The van der Waals surface area contributed by atoms with Gasteiger partial charge in [-0.15, -0.1) is 0 Å². The fourth-order valence-electron chi connectivity index (χ4n) is 2.66. The molecule has 5 nitrogen and oxygen atoms in total. The number of ether oxygens (including phenoxy) is 1. The van der Waals surface area contributed by atoms with Crippen LogP contribution in [-0.2, 0) is 14.3 Å². The smallest absolute Gasteiger partial charge is 0.306 e. The molecule has 21 heavy (non-hydrogen) atoms. The Kier molecular flexibility index (Phi) is 9.06. The van der Waals surface area contributed by atoms with E-state index in [-0.39, 0.29) is 18.4 Å². The van der Waals surface area contributed by atoms with E-state index in [1.165, 1.54) is 32.1 Å². The zero-order valence-corrected chi connectivity index (χ0v) is 13.2. The minimum atomic E-state index is -0.874. The first-order valence-corrected chi connectivity index (χ1v) is 8.24. The van der Waals surface area contributed by atoms with Crippen LogP contribution in [0.1, 0.15) is 64.7 Å². The normalized spacial score (nSPS) is 18.7. The number of rotatable bonds is 10. The van der Waals surface area contributed by atoms with Crippen molar-refractivity contribution in [2.75, 3.05) is 19.7 Å². The van der Waals surface area contributed by atoms with Crippen LogP contribution in [0.4, 0.5) is 0 Å². The summed E-state index contributed by atoms with van der Waals surface area (Å²) in [5.74, 6) is -0.733. The van der Waals surface area contributed by atoms with E-state index in [4.69, 9.17) is 9.84 Å². The maximum Gasteiger partial charge on any atom is 0.306 e. The molecule has 0 aromatic heterocycles. The van der Waals surface area contributed by atoms with Crippen molar-refractivity contribution >= 4 is 11.9 Å². The van der Waals surface area contributed by atoms with E-state index < -0.39 is 5.97 Å². The summed E-state index contributed by atoms with van der Waals surface area (Å²) in [6.07, 6.45) is 8.57. The fourth-order valence-corrected chi connectivity index (χ4v) is 2.66. The summed E-state index contributed by atoms with van der Waals surface area (Å²) in [5.41, 5.74) is 0. The van der Waals surface area contributed by atoms with Crippen molar-refractivity contribution in [2.45, 2.75) is 70.8 Å². The molecule has 1 heterocycles. The van der Waals surface area contributed by atoms with Crippen LogP contribution in [0.3, 0.4) is 0 Å². The number of carbonyl (C=O) groups excluding carboxylic acids is 1. The van der Waals surface area contributed by atoms with Crippen molar-refractivity contribution < 1.29 is 19.4 Å². The minimum Gasteiger partial charge on any atom is -0.481 e. The quantitative estimate of drug-likeness (QED) is 0.630. The van der Waals surface area contributed by atoms with Gasteiger partial charge in [-0.25, -0.2) is 0 Å². The Hall–Kier alpha value is -1.10. The summed E-state index contributed by atoms with van der Waals surface area (Å²) in [5, 5.41) is 8.77. The number of hydrogen-bond acceptors (Lipinski definition) is 3. The summed E-state index contributed by atoms with van der Waals surface area (Å²) < 4.78 is 5.37. The summed E-state index contributed by atoms with van der Waals surface area (Å²) in [7, 11) is 0. The minimum absolute atomic E-state index is 0.0266. The monoisotopic (exact) mass is 299 g/mol. The second kappa shape index (κ2) is 10.6. The standard InChI is InChI=1S/C16H29NO4/c1-2-3-4-5-6-7-8-9-15(18)17-10-11-21-14(13-17)12-16(19)20/h14H,2-13H2,1H3,(H,19,20). The highest BCUT2D eigenvalue weighted by Gasteiger charge is 2.25. The Balaban J connectivity index is 2.12. The maximum absolute atomic E-state index is 12.1. The molecule has 1 rings (SSSR count). The van der Waals surface area contributed by atoms with Crippen molar-refractivity contribution in [2.24, 2.45) is 0 Å². The molecule has 122 valence electrons. The SMILES string of the molecule is CCCCCCCCCC(=O)N1CCOC(CC(=O)O)C1. The topological polar surface area (TPSA) is 66.8 Å². The summed E-state index contributed by atoms with van der Waals surface area (Å²) in [6.45, 7) is 3.66. The van der Waals surface area contributed by atoms with Crippen LogP contribution in [-0.4, -0.2) is 47.7 Å². The van der Waals surface area contributed by atoms with E-state index >= 15 is 0 Å². The molecule has 0 aromatic rings. The number of carbonyl (C=O) groups is 2. The van der Waals surface area contributed by atoms with Crippen LogP contribution in [0, 0.1) is 0 Å². The first-order valence-electron chi connectivity index (χ1n) is 8.24. The first-order chi connectivity index (χ1) is 10.1. The van der Waals surface area contributed by atoms with Crippen molar-refractivity contribution in [3.63, 3.8) is 0 Å². The molecule has 5 heteroatoms. The number of morpholine rings is 1. The first kappa shape index (κ1) is 18.0. The second-order valence-corrected chi connectivity index (χ2v) is 5.80. The predicted octanol–water partition coefficient (Wildman–Crippen LogP) is 2.83. The lowest BCUT2D eigenvalue weighted by molar-refractivity contribution is -0.147. The highest BCUT2D eigenvalue weighted by Crippen LogP contribution is 2.13. The van der Waals surface area contributed by atoms with Crippen LogP contribution < -0.4 is 0 Å². The van der Waals surface area contributed by atoms with E-state index in [2.05, 4.69) is 6.92 Å². The zero-order valence-electron chi connectivity index (χ0n) is 13.2. The van der Waals surface area contributed by atoms with Crippen LogP contribution in [0.15, 0.2) is 0 Å². The number of aliphatic carboxylic acids is 1. The third-order valence-corrected chi connectivity index (χ3v) is 3.89. The van der Waals surface area contributed by atoms with Gasteiger partial charge in [0.05, 0.1) is 19.1 Å². The van der Waals surface area contributed by atoms with Gasteiger partial charge in [0.1, 0.15) is 0 Å². The average Bonchev–Trinajstić information content (AvgIpc) is 2.45. The Bertz CT molecular complexity index is 319. The number of carboxylic acids is 1. The molecule has 1 aliphatic heterocycles. The largest absolute Gasteiger partial charge is 0.481 e. The van der Waals surface area contributed by atoms with Crippen molar-refractivity contribution in [1.82, 2.24) is 4.90 Å². The van der Waals surface area contributed by atoms with Gasteiger partial charge in [-0.1, -0.05) is 45.4 Å². The number of nitrogens with zero attached hydrogens (tertiary/aromatic N) is 1. The molecule has 1 unspecified atom stereocenters. The van der Waals surface area contributed by atoms with Gasteiger partial charge in [-0.05, 0) is 6.42 Å². The molecule has 0 radical (unpaired) electrons. The van der Waals surface area contributed by atoms with E-state index in [1.54, 1.807) is 4.90 Å². The molecule has 1 N–H and O–H groups in total. The molecule has 0 aliphatic carbocycles. The molecular weight excluding hydrogens is 270 g/mol. The van der Waals surface area contributed by atoms with Gasteiger partial charge in [0, 0.05) is 19.5 Å². The highest BCUT2D eigenvalue weighted by molar-refractivity contribution is 5.76. The predicted molar refractivity (Wildman–Crippen MR) is 81.2 cm³/mol. The van der Waals surface area contributed by atoms with Gasteiger partial charge >= 0.3 is 5.97 Å². The van der Waals surface area contributed by atoms with E-state index in [0.29, 0.717) is 26.1 Å².